The molecule has 0 amide bonds. The van der Waals surface area contributed by atoms with Crippen LogP contribution in [0.15, 0.2) is 36.2 Å². The average Bonchev–Trinajstić information content (AvgIpc) is 1.87. The van der Waals surface area contributed by atoms with Crippen LogP contribution in [-0.2, 0) is 0 Å². The topological polar surface area (TPSA) is 0 Å². The zero-order valence-corrected chi connectivity index (χ0v) is 5.82. The lowest BCUT2D eigenvalue weighted by molar-refractivity contribution is 0.663. The number of allylic oxidation sites excluding steroid dienone is 5. The predicted molar refractivity (Wildman–Crippen MR) is 38.8 cm³/mol. The molecule has 0 heterocycles. The van der Waals surface area contributed by atoms with Crippen molar-refractivity contribution in [1.29, 1.82) is 0 Å². The molecule has 0 aromatic rings. The highest BCUT2D eigenvalue weighted by molar-refractivity contribution is 5.22. The fraction of sp³-hybridized carbons (Fsp3) is 0.250. The van der Waals surface area contributed by atoms with Crippen LogP contribution in [0.3, 0.4) is 0 Å². The minimum Gasteiger partial charge on any atom is -0.207 e. The summed E-state index contributed by atoms with van der Waals surface area (Å²) >= 11 is 0. The Morgan fingerprint density at radius 2 is 2.11 bits per heavy atom. The van der Waals surface area contributed by atoms with Gasteiger partial charge >= 0.3 is 0 Å². The summed E-state index contributed by atoms with van der Waals surface area (Å²) in [5.41, 5.74) is 0.839. The van der Waals surface area contributed by atoms with Crippen molar-refractivity contribution in [3.63, 3.8) is 0 Å². The van der Waals surface area contributed by atoms with Gasteiger partial charge in [0, 0.05) is 0 Å². The van der Waals surface area contributed by atoms with Crippen LogP contribution >= 0.6 is 0 Å². The molecule has 0 aliphatic carbocycles. The van der Waals surface area contributed by atoms with Crippen molar-refractivity contribution >= 4 is 0 Å². The maximum absolute atomic E-state index is 12.3. The average molecular weight is 126 g/mol. The molecule has 50 valence electrons. The minimum atomic E-state index is -0.215. The summed E-state index contributed by atoms with van der Waals surface area (Å²) in [4.78, 5) is 0. The SMILES string of the molecule is C=C/C(C)=C\C(F)=C/C. The monoisotopic (exact) mass is 126 g/mol. The third-order valence-electron chi connectivity index (χ3n) is 0.963. The molecule has 0 unspecified atom stereocenters. The van der Waals surface area contributed by atoms with Crippen LogP contribution < -0.4 is 0 Å². The summed E-state index contributed by atoms with van der Waals surface area (Å²) in [7, 11) is 0. The van der Waals surface area contributed by atoms with E-state index in [1.54, 1.807) is 19.9 Å². The molecule has 0 saturated heterocycles. The first kappa shape index (κ1) is 8.15. The van der Waals surface area contributed by atoms with E-state index in [9.17, 15) is 4.39 Å². The second-order valence-corrected chi connectivity index (χ2v) is 1.77. The zero-order chi connectivity index (χ0) is 7.28. The third-order valence-corrected chi connectivity index (χ3v) is 0.963. The quantitative estimate of drug-likeness (QED) is 0.499. The molecule has 0 aromatic carbocycles. The van der Waals surface area contributed by atoms with E-state index in [0.29, 0.717) is 0 Å². The molecule has 0 aliphatic rings. The van der Waals surface area contributed by atoms with Crippen molar-refractivity contribution in [1.82, 2.24) is 0 Å². The normalized spacial score (nSPS) is 13.7. The smallest absolute Gasteiger partial charge is 0.119 e. The van der Waals surface area contributed by atoms with Gasteiger partial charge in [0.15, 0.2) is 0 Å². The second-order valence-electron chi connectivity index (χ2n) is 1.77. The molecule has 0 nitrogen and oxygen atoms in total. The first-order valence-corrected chi connectivity index (χ1v) is 2.83. The van der Waals surface area contributed by atoms with Crippen molar-refractivity contribution in [2.24, 2.45) is 0 Å². The fourth-order valence-corrected chi connectivity index (χ4v) is 0.360. The van der Waals surface area contributed by atoms with Crippen LogP contribution in [0.2, 0.25) is 0 Å². The highest BCUT2D eigenvalue weighted by Gasteiger charge is 1.84. The van der Waals surface area contributed by atoms with Gasteiger partial charge in [-0.15, -0.1) is 0 Å². The van der Waals surface area contributed by atoms with Gasteiger partial charge < -0.3 is 0 Å². The van der Waals surface area contributed by atoms with E-state index in [1.165, 1.54) is 12.2 Å². The molecular formula is C8H11F. The molecule has 0 rings (SSSR count). The van der Waals surface area contributed by atoms with E-state index in [2.05, 4.69) is 6.58 Å². The van der Waals surface area contributed by atoms with Gasteiger partial charge in [0.2, 0.25) is 0 Å². The van der Waals surface area contributed by atoms with E-state index in [-0.39, 0.29) is 5.83 Å². The van der Waals surface area contributed by atoms with E-state index in [1.807, 2.05) is 0 Å². The van der Waals surface area contributed by atoms with Crippen LogP contribution in [-0.4, -0.2) is 0 Å². The number of halogens is 1. The molecule has 0 atom stereocenters. The molecule has 0 aliphatic heterocycles. The predicted octanol–water partition coefficient (Wildman–Crippen LogP) is 2.99. The first-order valence-electron chi connectivity index (χ1n) is 2.83. The second kappa shape index (κ2) is 4.07. The Balaban J connectivity index is 4.11. The summed E-state index contributed by atoms with van der Waals surface area (Å²) in [6.45, 7) is 6.94. The van der Waals surface area contributed by atoms with Gasteiger partial charge in [-0.2, -0.15) is 0 Å². The molecule has 0 saturated carbocycles. The molecule has 9 heavy (non-hydrogen) atoms. The van der Waals surface area contributed by atoms with E-state index in [4.69, 9.17) is 0 Å². The molecule has 0 fully saturated rings. The lowest BCUT2D eigenvalue weighted by Gasteiger charge is -1.86. The Hall–Kier alpha value is -0.850. The van der Waals surface area contributed by atoms with Gasteiger partial charge in [-0.3, -0.25) is 0 Å². The third kappa shape index (κ3) is 3.71. The molecule has 0 bridgehead atoms. The Morgan fingerprint density at radius 1 is 1.56 bits per heavy atom. The van der Waals surface area contributed by atoms with Crippen molar-refractivity contribution in [3.8, 4) is 0 Å². The Morgan fingerprint density at radius 3 is 2.44 bits per heavy atom. The molecule has 0 aromatic heterocycles. The first-order chi connectivity index (χ1) is 4.20. The highest BCUT2D eigenvalue weighted by Crippen LogP contribution is 2.02. The lowest BCUT2D eigenvalue weighted by Crippen LogP contribution is -1.67. The van der Waals surface area contributed by atoms with E-state index < -0.39 is 0 Å². The van der Waals surface area contributed by atoms with Gasteiger partial charge in [-0.05, 0) is 25.5 Å². The minimum absolute atomic E-state index is 0.215. The van der Waals surface area contributed by atoms with E-state index in [0.717, 1.165) is 5.57 Å². The maximum Gasteiger partial charge on any atom is 0.119 e. The van der Waals surface area contributed by atoms with Crippen molar-refractivity contribution < 1.29 is 4.39 Å². The van der Waals surface area contributed by atoms with Gasteiger partial charge in [0.25, 0.3) is 0 Å². The lowest BCUT2D eigenvalue weighted by atomic mass is 10.2. The summed E-state index contributed by atoms with van der Waals surface area (Å²) in [6.07, 6.45) is 4.46. The van der Waals surface area contributed by atoms with Crippen molar-refractivity contribution in [2.45, 2.75) is 13.8 Å². The number of hydrogen-bond donors (Lipinski definition) is 0. The summed E-state index contributed by atoms with van der Waals surface area (Å²) in [6, 6.07) is 0. The van der Waals surface area contributed by atoms with Crippen molar-refractivity contribution in [2.75, 3.05) is 0 Å². The molecule has 1 heteroatoms. The van der Waals surface area contributed by atoms with Crippen LogP contribution in [0.4, 0.5) is 4.39 Å². The van der Waals surface area contributed by atoms with E-state index >= 15 is 0 Å². The number of rotatable bonds is 2. The molecule has 0 radical (unpaired) electrons. The van der Waals surface area contributed by atoms with Crippen LogP contribution in [0, 0.1) is 0 Å². The maximum atomic E-state index is 12.3. The Labute approximate surface area is 55.4 Å². The van der Waals surface area contributed by atoms with Crippen LogP contribution in [0.1, 0.15) is 13.8 Å². The summed E-state index contributed by atoms with van der Waals surface area (Å²) in [5.74, 6) is -0.215. The standard InChI is InChI=1S/C8H11F/c1-4-7(3)6-8(9)5-2/h4-6H,1H2,2-3H3/b7-6-,8-5+. The van der Waals surface area contributed by atoms with Gasteiger partial charge in [-0.25, -0.2) is 4.39 Å². The zero-order valence-electron chi connectivity index (χ0n) is 5.82. The van der Waals surface area contributed by atoms with Gasteiger partial charge in [0.1, 0.15) is 5.83 Å². The highest BCUT2D eigenvalue weighted by atomic mass is 19.1. The van der Waals surface area contributed by atoms with Gasteiger partial charge in [0.05, 0.1) is 0 Å². The molecular weight excluding hydrogens is 115 g/mol. The molecule has 0 spiro atoms. The van der Waals surface area contributed by atoms with Crippen LogP contribution in [0.5, 0.6) is 0 Å². The summed E-state index contributed by atoms with van der Waals surface area (Å²) < 4.78 is 12.3. The fourth-order valence-electron chi connectivity index (χ4n) is 0.360. The number of hydrogen-bond acceptors (Lipinski definition) is 0. The largest absolute Gasteiger partial charge is 0.207 e. The molecule has 0 N–H and O–H groups in total. The summed E-state index contributed by atoms with van der Waals surface area (Å²) in [5, 5.41) is 0. The Kier molecular flexibility index (Phi) is 3.69. The Bertz CT molecular complexity index is 152. The van der Waals surface area contributed by atoms with Crippen LogP contribution in [0.25, 0.3) is 0 Å². The van der Waals surface area contributed by atoms with Gasteiger partial charge in [-0.1, -0.05) is 18.7 Å². The van der Waals surface area contributed by atoms with Crippen molar-refractivity contribution in [3.05, 3.63) is 36.2 Å².